The molecule has 8 heteroatoms. The number of benzene rings is 1. The highest BCUT2D eigenvalue weighted by Gasteiger charge is 2.36. The summed E-state index contributed by atoms with van der Waals surface area (Å²) in [6, 6.07) is 3.84. The average Bonchev–Trinajstić information content (AvgIpc) is 3.46. The lowest BCUT2D eigenvalue weighted by Gasteiger charge is -2.30. The highest BCUT2D eigenvalue weighted by atomic mass is 19.1. The van der Waals surface area contributed by atoms with Crippen LogP contribution in [0.5, 0.6) is 0 Å². The Bertz CT molecular complexity index is 971. The lowest BCUT2D eigenvalue weighted by atomic mass is 9.86. The SMILES string of the molecule is CC(C)(C)C(NC(=O)c1nn(CC2CCOCC2)c2cc(F)ccc12)C(=O)NC1CC1. The van der Waals surface area contributed by atoms with E-state index in [-0.39, 0.29) is 23.5 Å². The Kier molecular flexibility index (Phi) is 6.01. The van der Waals surface area contributed by atoms with E-state index < -0.39 is 17.4 Å². The van der Waals surface area contributed by atoms with Gasteiger partial charge in [0, 0.05) is 31.2 Å². The van der Waals surface area contributed by atoms with Gasteiger partial charge in [-0.1, -0.05) is 20.8 Å². The molecular weight excluding hydrogens is 399 g/mol. The third kappa shape index (κ3) is 5.06. The van der Waals surface area contributed by atoms with Crippen LogP contribution in [0, 0.1) is 17.2 Å². The zero-order chi connectivity index (χ0) is 22.2. The Balaban J connectivity index is 1.61. The molecule has 2 heterocycles. The number of hydrogen-bond donors (Lipinski definition) is 2. The van der Waals surface area contributed by atoms with Crippen molar-refractivity contribution >= 4 is 22.7 Å². The minimum Gasteiger partial charge on any atom is -0.381 e. The Labute approximate surface area is 181 Å². The van der Waals surface area contributed by atoms with E-state index in [1.807, 2.05) is 20.8 Å². The van der Waals surface area contributed by atoms with Crippen LogP contribution in [0.25, 0.3) is 10.9 Å². The fourth-order valence-corrected chi connectivity index (χ4v) is 4.01. The predicted octanol–water partition coefficient (Wildman–Crippen LogP) is 3.03. The molecule has 2 N–H and O–H groups in total. The maximum atomic E-state index is 14.0. The van der Waals surface area contributed by atoms with Crippen LogP contribution < -0.4 is 10.6 Å². The Morgan fingerprint density at radius 3 is 2.58 bits per heavy atom. The van der Waals surface area contributed by atoms with E-state index in [4.69, 9.17) is 4.74 Å². The number of rotatable bonds is 6. The lowest BCUT2D eigenvalue weighted by Crippen LogP contribution is -2.54. The molecule has 2 aromatic rings. The summed E-state index contributed by atoms with van der Waals surface area (Å²) in [5, 5.41) is 11.0. The van der Waals surface area contributed by atoms with Crippen molar-refractivity contribution in [3.05, 3.63) is 29.7 Å². The van der Waals surface area contributed by atoms with Crippen LogP contribution in [0.1, 0.15) is 56.9 Å². The number of ether oxygens (including phenoxy) is 1. The Morgan fingerprint density at radius 1 is 1.23 bits per heavy atom. The van der Waals surface area contributed by atoms with Crippen molar-refractivity contribution in [3.8, 4) is 0 Å². The van der Waals surface area contributed by atoms with Gasteiger partial charge in [0.15, 0.2) is 5.69 Å². The number of halogens is 1. The second-order valence-corrected chi connectivity index (χ2v) is 9.80. The van der Waals surface area contributed by atoms with Gasteiger partial charge in [-0.3, -0.25) is 14.3 Å². The molecule has 2 aliphatic rings. The zero-order valence-corrected chi connectivity index (χ0v) is 18.4. The number of nitrogens with one attached hydrogen (secondary N) is 2. The van der Waals surface area contributed by atoms with Crippen molar-refractivity contribution < 1.29 is 18.7 Å². The van der Waals surface area contributed by atoms with Crippen LogP contribution in [0.4, 0.5) is 4.39 Å². The van der Waals surface area contributed by atoms with Gasteiger partial charge in [-0.05, 0) is 55.2 Å². The maximum absolute atomic E-state index is 14.0. The lowest BCUT2D eigenvalue weighted by molar-refractivity contribution is -0.125. The number of fused-ring (bicyclic) bond motifs is 1. The summed E-state index contributed by atoms with van der Waals surface area (Å²) >= 11 is 0. The molecule has 1 unspecified atom stereocenters. The van der Waals surface area contributed by atoms with Gasteiger partial charge in [0.2, 0.25) is 5.91 Å². The van der Waals surface area contributed by atoms with Gasteiger partial charge in [0.05, 0.1) is 5.52 Å². The van der Waals surface area contributed by atoms with Crippen LogP contribution in [-0.2, 0) is 16.1 Å². The van der Waals surface area contributed by atoms with Gasteiger partial charge >= 0.3 is 0 Å². The molecule has 2 fully saturated rings. The number of hydrogen-bond acceptors (Lipinski definition) is 4. The third-order valence-corrected chi connectivity index (χ3v) is 6.03. The fourth-order valence-electron chi connectivity index (χ4n) is 4.01. The number of amides is 2. The topological polar surface area (TPSA) is 85.2 Å². The van der Waals surface area contributed by atoms with E-state index in [2.05, 4.69) is 15.7 Å². The predicted molar refractivity (Wildman–Crippen MR) is 115 cm³/mol. The van der Waals surface area contributed by atoms with Gasteiger partial charge in [-0.25, -0.2) is 4.39 Å². The molecule has 0 spiro atoms. The van der Waals surface area contributed by atoms with E-state index in [1.54, 1.807) is 10.7 Å². The van der Waals surface area contributed by atoms with E-state index in [0.29, 0.717) is 36.6 Å². The summed E-state index contributed by atoms with van der Waals surface area (Å²) in [5.41, 5.74) is 0.336. The molecule has 1 aliphatic carbocycles. The van der Waals surface area contributed by atoms with Gasteiger partial charge in [0.25, 0.3) is 5.91 Å². The monoisotopic (exact) mass is 430 g/mol. The quantitative estimate of drug-likeness (QED) is 0.738. The van der Waals surface area contributed by atoms with Crippen molar-refractivity contribution in [3.63, 3.8) is 0 Å². The summed E-state index contributed by atoms with van der Waals surface area (Å²) in [5.74, 6) is -0.611. The first kappa shape index (κ1) is 21.7. The molecule has 0 bridgehead atoms. The van der Waals surface area contributed by atoms with Crippen molar-refractivity contribution in [2.45, 2.75) is 65.1 Å². The van der Waals surface area contributed by atoms with E-state index >= 15 is 0 Å². The summed E-state index contributed by atoms with van der Waals surface area (Å²) in [4.78, 5) is 26.0. The Hall–Kier alpha value is -2.48. The average molecular weight is 431 g/mol. The summed E-state index contributed by atoms with van der Waals surface area (Å²) in [6.45, 7) is 7.76. The standard InChI is InChI=1S/C23H31FN4O3/c1-23(2,3)20(22(30)25-16-5-6-16)26-21(29)19-17-7-4-15(24)12-18(17)28(27-19)13-14-8-10-31-11-9-14/h4,7,12,14,16,20H,5-6,8-11,13H2,1-3H3,(H,25,30)(H,26,29). The van der Waals surface area contributed by atoms with Crippen LogP contribution in [0.2, 0.25) is 0 Å². The molecule has 7 nitrogen and oxygen atoms in total. The molecule has 1 aliphatic heterocycles. The van der Waals surface area contributed by atoms with Crippen LogP contribution in [0.15, 0.2) is 18.2 Å². The zero-order valence-electron chi connectivity index (χ0n) is 18.4. The van der Waals surface area contributed by atoms with Crippen LogP contribution in [-0.4, -0.2) is 46.9 Å². The van der Waals surface area contributed by atoms with Gasteiger partial charge < -0.3 is 15.4 Å². The van der Waals surface area contributed by atoms with Crippen molar-refractivity contribution in [2.75, 3.05) is 13.2 Å². The second kappa shape index (κ2) is 8.57. The molecule has 0 radical (unpaired) electrons. The molecule has 4 rings (SSSR count). The van der Waals surface area contributed by atoms with Gasteiger partial charge in [0.1, 0.15) is 11.9 Å². The van der Waals surface area contributed by atoms with Crippen molar-refractivity contribution in [1.29, 1.82) is 0 Å². The first-order valence-electron chi connectivity index (χ1n) is 11.1. The van der Waals surface area contributed by atoms with E-state index in [9.17, 15) is 14.0 Å². The number of carbonyl (C=O) groups is 2. The van der Waals surface area contributed by atoms with E-state index in [0.717, 1.165) is 25.7 Å². The smallest absolute Gasteiger partial charge is 0.273 e. The van der Waals surface area contributed by atoms with Crippen molar-refractivity contribution in [1.82, 2.24) is 20.4 Å². The van der Waals surface area contributed by atoms with Crippen LogP contribution >= 0.6 is 0 Å². The minimum absolute atomic E-state index is 0.180. The maximum Gasteiger partial charge on any atom is 0.273 e. The minimum atomic E-state index is -0.697. The van der Waals surface area contributed by atoms with E-state index in [1.165, 1.54) is 12.1 Å². The molecule has 1 saturated carbocycles. The largest absolute Gasteiger partial charge is 0.381 e. The van der Waals surface area contributed by atoms with Crippen LogP contribution in [0.3, 0.4) is 0 Å². The first-order valence-corrected chi connectivity index (χ1v) is 11.1. The molecular formula is C23H31FN4O3. The highest BCUT2D eigenvalue weighted by Crippen LogP contribution is 2.26. The van der Waals surface area contributed by atoms with Crippen molar-refractivity contribution in [2.24, 2.45) is 11.3 Å². The second-order valence-electron chi connectivity index (χ2n) is 9.80. The fraction of sp³-hybridized carbons (Fsp3) is 0.609. The van der Waals surface area contributed by atoms with Gasteiger partial charge in [-0.2, -0.15) is 5.10 Å². The normalized spacial score (nSPS) is 18.7. The summed E-state index contributed by atoms with van der Waals surface area (Å²) < 4.78 is 21.1. The molecule has 31 heavy (non-hydrogen) atoms. The number of aromatic nitrogens is 2. The molecule has 2 amide bonds. The highest BCUT2D eigenvalue weighted by molar-refractivity contribution is 6.06. The summed E-state index contributed by atoms with van der Waals surface area (Å²) in [7, 11) is 0. The molecule has 168 valence electrons. The Morgan fingerprint density at radius 2 is 1.94 bits per heavy atom. The molecule has 1 aromatic carbocycles. The number of nitrogens with zero attached hydrogens (tertiary/aromatic N) is 2. The molecule has 1 saturated heterocycles. The first-order chi connectivity index (χ1) is 14.7. The summed E-state index contributed by atoms with van der Waals surface area (Å²) in [6.07, 6.45) is 3.77. The third-order valence-electron chi connectivity index (χ3n) is 6.03. The number of carbonyl (C=O) groups excluding carboxylic acids is 2. The molecule has 1 atom stereocenters. The molecule has 1 aromatic heterocycles. The van der Waals surface area contributed by atoms with Gasteiger partial charge in [-0.15, -0.1) is 0 Å².